The van der Waals surface area contributed by atoms with E-state index in [0.717, 1.165) is 0 Å². The molecule has 2 aromatic heterocycles. The summed E-state index contributed by atoms with van der Waals surface area (Å²) in [5, 5.41) is 13.0. The minimum atomic E-state index is -2.96. The fraction of sp³-hybridized carbons (Fsp3) is 0.316. The van der Waals surface area contributed by atoms with Gasteiger partial charge in [0.1, 0.15) is 5.82 Å². The molecule has 0 unspecified atom stereocenters. The molecule has 0 aliphatic heterocycles. The number of aromatic nitrogens is 3. The van der Waals surface area contributed by atoms with Gasteiger partial charge >= 0.3 is 6.61 Å². The van der Waals surface area contributed by atoms with E-state index in [9.17, 15) is 8.78 Å². The molecule has 3 rings (SSSR count). The topological polar surface area (TPSA) is 110 Å². The number of ether oxygens (including phenoxy) is 2. The van der Waals surface area contributed by atoms with Crippen LogP contribution in [0.1, 0.15) is 18.3 Å². The average molecular weight is 548 g/mol. The number of furan rings is 1. The van der Waals surface area contributed by atoms with Crippen LogP contribution >= 0.6 is 24.0 Å². The maximum Gasteiger partial charge on any atom is 0.387 e. The number of guanidine groups is 1. The highest BCUT2D eigenvalue weighted by Gasteiger charge is 2.16. The lowest BCUT2D eigenvalue weighted by Gasteiger charge is -2.17. The highest BCUT2D eigenvalue weighted by atomic mass is 127. The van der Waals surface area contributed by atoms with Crippen LogP contribution in [0.15, 0.2) is 46.0 Å². The lowest BCUT2D eigenvalue weighted by Crippen LogP contribution is -2.36. The molecule has 0 saturated heterocycles. The van der Waals surface area contributed by atoms with Gasteiger partial charge in [-0.05, 0) is 25.1 Å². The molecule has 168 valence electrons. The van der Waals surface area contributed by atoms with Crippen LogP contribution in [-0.2, 0) is 13.1 Å². The second-order valence-electron chi connectivity index (χ2n) is 5.92. The van der Waals surface area contributed by atoms with Gasteiger partial charge in [0.15, 0.2) is 23.2 Å². The zero-order valence-corrected chi connectivity index (χ0v) is 19.2. The second kappa shape index (κ2) is 12.1. The normalized spacial score (nSPS) is 11.2. The van der Waals surface area contributed by atoms with Crippen molar-refractivity contribution in [2.45, 2.75) is 26.6 Å². The third-order valence-corrected chi connectivity index (χ3v) is 3.93. The van der Waals surface area contributed by atoms with Crippen LogP contribution in [0.5, 0.6) is 11.5 Å². The van der Waals surface area contributed by atoms with E-state index in [2.05, 4.69) is 35.5 Å². The van der Waals surface area contributed by atoms with Gasteiger partial charge in [0, 0.05) is 19.2 Å². The van der Waals surface area contributed by atoms with E-state index in [0.29, 0.717) is 42.1 Å². The number of aliphatic imine (C=N–C) groups is 1. The van der Waals surface area contributed by atoms with Gasteiger partial charge in [0.25, 0.3) is 0 Å². The highest BCUT2D eigenvalue weighted by Crippen LogP contribution is 2.32. The van der Waals surface area contributed by atoms with Crippen molar-refractivity contribution < 1.29 is 22.7 Å². The van der Waals surface area contributed by atoms with Gasteiger partial charge in [-0.15, -0.1) is 29.1 Å². The number of benzene rings is 1. The Kier molecular flexibility index (Phi) is 9.49. The van der Waals surface area contributed by atoms with Gasteiger partial charge in [-0.25, -0.2) is 4.98 Å². The Balaban J connectivity index is 0.00000341. The Morgan fingerprint density at radius 3 is 2.71 bits per heavy atom. The first-order valence-corrected chi connectivity index (χ1v) is 9.19. The molecule has 0 fully saturated rings. The number of H-pyrrole nitrogens is 1. The van der Waals surface area contributed by atoms with Crippen LogP contribution in [0.4, 0.5) is 8.78 Å². The minimum absolute atomic E-state index is 0. The molecule has 1 aromatic carbocycles. The number of hydrogen-bond acceptors (Lipinski definition) is 6. The lowest BCUT2D eigenvalue weighted by atomic mass is 10.2. The van der Waals surface area contributed by atoms with Crippen molar-refractivity contribution in [3.63, 3.8) is 0 Å². The number of alkyl halides is 2. The predicted octanol–water partition coefficient (Wildman–Crippen LogP) is 3.55. The van der Waals surface area contributed by atoms with Crippen molar-refractivity contribution in [1.29, 1.82) is 0 Å². The number of hydrogen-bond donors (Lipinski definition) is 3. The molecular formula is C19H23F2IN6O3. The summed E-state index contributed by atoms with van der Waals surface area (Å²) in [4.78, 5) is 8.45. The fourth-order valence-corrected chi connectivity index (χ4v) is 2.65. The summed E-state index contributed by atoms with van der Waals surface area (Å²) in [6.07, 6.45) is 1.54. The second-order valence-corrected chi connectivity index (χ2v) is 5.92. The summed E-state index contributed by atoms with van der Waals surface area (Å²) in [5.41, 5.74) is 0.504. The average Bonchev–Trinajstić information content (AvgIpc) is 3.41. The van der Waals surface area contributed by atoms with Gasteiger partial charge in [-0.3, -0.25) is 10.1 Å². The minimum Gasteiger partial charge on any atom is -0.490 e. The molecular weight excluding hydrogens is 525 g/mol. The van der Waals surface area contributed by atoms with E-state index in [1.165, 1.54) is 0 Å². The molecule has 2 heterocycles. The van der Waals surface area contributed by atoms with Crippen LogP contribution in [0.2, 0.25) is 0 Å². The van der Waals surface area contributed by atoms with Crippen molar-refractivity contribution in [2.24, 2.45) is 4.99 Å². The van der Waals surface area contributed by atoms with E-state index in [4.69, 9.17) is 9.15 Å². The molecule has 3 N–H and O–H groups in total. The number of nitrogens with one attached hydrogen (secondary N) is 3. The van der Waals surface area contributed by atoms with Gasteiger partial charge < -0.3 is 24.5 Å². The molecule has 0 amide bonds. The smallest absolute Gasteiger partial charge is 0.387 e. The number of nitrogens with zero attached hydrogens (tertiary/aromatic N) is 3. The lowest BCUT2D eigenvalue weighted by molar-refractivity contribution is -0.0520. The van der Waals surface area contributed by atoms with Gasteiger partial charge in [-0.1, -0.05) is 12.1 Å². The summed E-state index contributed by atoms with van der Waals surface area (Å²) >= 11 is 0. The van der Waals surface area contributed by atoms with Crippen LogP contribution in [0.25, 0.3) is 11.6 Å². The predicted molar refractivity (Wildman–Crippen MR) is 121 cm³/mol. The highest BCUT2D eigenvalue weighted by molar-refractivity contribution is 14.0. The van der Waals surface area contributed by atoms with Gasteiger partial charge in [0.05, 0.1) is 19.4 Å². The van der Waals surface area contributed by atoms with Crippen LogP contribution in [-0.4, -0.2) is 41.4 Å². The Hall–Kier alpha value is -2.90. The summed E-state index contributed by atoms with van der Waals surface area (Å²) in [5.74, 6) is 2.27. The zero-order valence-electron chi connectivity index (χ0n) is 16.9. The maximum absolute atomic E-state index is 12.8. The summed E-state index contributed by atoms with van der Waals surface area (Å²) < 4.78 is 41.0. The largest absolute Gasteiger partial charge is 0.490 e. The first-order chi connectivity index (χ1) is 14.6. The van der Waals surface area contributed by atoms with Crippen molar-refractivity contribution >= 4 is 29.9 Å². The molecule has 0 aliphatic rings. The van der Waals surface area contributed by atoms with E-state index < -0.39 is 6.61 Å². The van der Waals surface area contributed by atoms with Crippen LogP contribution < -0.4 is 20.1 Å². The van der Waals surface area contributed by atoms with Crippen molar-refractivity contribution in [3.05, 3.63) is 48.0 Å². The van der Waals surface area contributed by atoms with Crippen LogP contribution in [0.3, 0.4) is 0 Å². The SMILES string of the molecule is CCOc1cccc(CNC(=NC)NCc2nc(-c3ccco3)n[nH]2)c1OC(F)F.I. The quantitative estimate of drug-likeness (QED) is 0.213. The number of halogens is 3. The first kappa shape index (κ1) is 24.4. The standard InChI is InChI=1S/C19H22F2N6O3.HI/c1-3-28-13-7-4-6-12(16(13)30-18(20)21)10-23-19(22-2)24-11-15-25-17(27-26-15)14-8-5-9-29-14;/h4-9,18H,3,10-11H2,1-2H3,(H2,22,23,24)(H,25,26,27);1H. The molecule has 0 atom stereocenters. The molecule has 3 aromatic rings. The molecule has 9 nitrogen and oxygen atoms in total. The molecule has 12 heteroatoms. The van der Waals surface area contributed by atoms with E-state index in [1.54, 1.807) is 50.6 Å². The Morgan fingerprint density at radius 1 is 1.23 bits per heavy atom. The number of aromatic amines is 1. The van der Waals surface area contributed by atoms with E-state index >= 15 is 0 Å². The molecule has 0 bridgehead atoms. The van der Waals surface area contributed by atoms with E-state index in [1.807, 2.05) is 0 Å². The van der Waals surface area contributed by atoms with Crippen molar-refractivity contribution in [2.75, 3.05) is 13.7 Å². The molecule has 0 saturated carbocycles. The zero-order chi connectivity index (χ0) is 21.3. The van der Waals surface area contributed by atoms with Gasteiger partial charge in [-0.2, -0.15) is 8.78 Å². The first-order valence-electron chi connectivity index (χ1n) is 9.19. The molecule has 0 aliphatic carbocycles. The Bertz CT molecular complexity index is 965. The number of para-hydroxylation sites is 1. The van der Waals surface area contributed by atoms with E-state index in [-0.39, 0.29) is 42.0 Å². The monoisotopic (exact) mass is 548 g/mol. The maximum atomic E-state index is 12.8. The van der Waals surface area contributed by atoms with Crippen molar-refractivity contribution in [1.82, 2.24) is 25.8 Å². The van der Waals surface area contributed by atoms with Crippen LogP contribution in [0, 0.1) is 0 Å². The summed E-state index contributed by atoms with van der Waals surface area (Å²) in [6.45, 7) is -0.359. The molecule has 31 heavy (non-hydrogen) atoms. The third kappa shape index (κ3) is 6.80. The third-order valence-electron chi connectivity index (χ3n) is 3.93. The molecule has 0 radical (unpaired) electrons. The Morgan fingerprint density at radius 2 is 2.03 bits per heavy atom. The van der Waals surface area contributed by atoms with Crippen molar-refractivity contribution in [3.8, 4) is 23.1 Å². The van der Waals surface area contributed by atoms with Gasteiger partial charge in [0.2, 0.25) is 5.82 Å². The number of rotatable bonds is 9. The Labute approximate surface area is 194 Å². The fourth-order valence-electron chi connectivity index (χ4n) is 2.65. The molecule has 0 spiro atoms. The summed E-state index contributed by atoms with van der Waals surface area (Å²) in [6, 6.07) is 8.48. The summed E-state index contributed by atoms with van der Waals surface area (Å²) in [7, 11) is 1.59.